The summed E-state index contributed by atoms with van der Waals surface area (Å²) in [6.45, 7) is 1.50. The number of carbonyl (C=O) groups is 2. The van der Waals surface area contributed by atoms with Gasteiger partial charge in [-0.1, -0.05) is 18.5 Å². The van der Waals surface area contributed by atoms with Crippen LogP contribution in [-0.2, 0) is 9.59 Å². The van der Waals surface area contributed by atoms with Gasteiger partial charge in [-0.2, -0.15) is 0 Å². The molecule has 1 aromatic heterocycles. The highest BCUT2D eigenvalue weighted by molar-refractivity contribution is 6.45. The molecule has 2 heterocycles. The van der Waals surface area contributed by atoms with Gasteiger partial charge >= 0.3 is 0 Å². The number of benzene rings is 2. The second kappa shape index (κ2) is 5.88. The van der Waals surface area contributed by atoms with E-state index in [0.717, 1.165) is 17.0 Å². The number of hydrogen-bond donors (Lipinski definition) is 1. The third-order valence-corrected chi connectivity index (χ3v) is 5.04. The van der Waals surface area contributed by atoms with Gasteiger partial charge in [0.2, 0.25) is 5.78 Å². The topological polar surface area (TPSA) is 66.1 Å². The number of ketones is 1. The highest BCUT2D eigenvalue weighted by Crippen LogP contribution is 2.43. The molecule has 1 N–H and O–H groups in total. The second-order valence-electron chi connectivity index (χ2n) is 6.13. The molecule has 1 fully saturated rings. The van der Waals surface area contributed by atoms with Gasteiger partial charge in [-0.15, -0.1) is 0 Å². The summed E-state index contributed by atoms with van der Waals surface area (Å²) in [6.07, 6.45) is 1.49. The quantitative estimate of drug-likeness (QED) is 0.547. The third-order valence-electron chi connectivity index (χ3n) is 4.65. The molecule has 4 rings (SSSR count). The first kappa shape index (κ1) is 16.7. The van der Waals surface area contributed by atoms with Crippen LogP contribution in [0, 0.1) is 17.6 Å². The Morgan fingerprint density at radius 2 is 1.88 bits per heavy atom. The van der Waals surface area contributed by atoms with Crippen molar-refractivity contribution in [1.29, 1.82) is 0 Å². The lowest BCUT2D eigenvalue weighted by atomic mass is 9.93. The van der Waals surface area contributed by atoms with E-state index in [9.17, 15) is 18.4 Å². The number of imidazole rings is 1. The lowest BCUT2D eigenvalue weighted by Gasteiger charge is -2.27. The minimum Gasteiger partial charge on any atom is -0.345 e. The van der Waals surface area contributed by atoms with Crippen LogP contribution in [0.25, 0.3) is 11.0 Å². The standard InChI is InChI=1S/C18H12ClF2N3O2/c1-8-16(14-10(20)3-4-11(21)15(14)19)24(18(26)17(8)25)9-2-5-12-13(6-9)23-7-22-12/h2-8,16H,1H3,(H,22,23). The summed E-state index contributed by atoms with van der Waals surface area (Å²) in [4.78, 5) is 33.1. The Morgan fingerprint density at radius 1 is 1.15 bits per heavy atom. The number of rotatable bonds is 2. The van der Waals surface area contributed by atoms with E-state index in [4.69, 9.17) is 11.6 Å². The maximum Gasteiger partial charge on any atom is 0.295 e. The van der Waals surface area contributed by atoms with Crippen molar-refractivity contribution in [3.8, 4) is 0 Å². The molecule has 2 atom stereocenters. The molecule has 1 aliphatic rings. The number of nitrogens with one attached hydrogen (secondary N) is 1. The van der Waals surface area contributed by atoms with Crippen LogP contribution >= 0.6 is 11.6 Å². The fourth-order valence-corrected chi connectivity index (χ4v) is 3.62. The van der Waals surface area contributed by atoms with E-state index in [1.165, 1.54) is 13.3 Å². The number of nitrogens with zero attached hydrogens (tertiary/aromatic N) is 2. The molecule has 0 spiro atoms. The molecule has 26 heavy (non-hydrogen) atoms. The van der Waals surface area contributed by atoms with Crippen LogP contribution in [0.15, 0.2) is 36.7 Å². The van der Waals surface area contributed by atoms with Gasteiger partial charge in [0.05, 0.1) is 28.4 Å². The Morgan fingerprint density at radius 3 is 2.65 bits per heavy atom. The zero-order valence-corrected chi connectivity index (χ0v) is 14.2. The van der Waals surface area contributed by atoms with Crippen LogP contribution in [0.3, 0.4) is 0 Å². The van der Waals surface area contributed by atoms with Crippen LogP contribution in [0.2, 0.25) is 5.02 Å². The average molecular weight is 376 g/mol. The van der Waals surface area contributed by atoms with Gasteiger partial charge in [0.15, 0.2) is 0 Å². The molecule has 2 aromatic carbocycles. The largest absolute Gasteiger partial charge is 0.345 e. The molecule has 0 aliphatic carbocycles. The molecule has 132 valence electrons. The Hall–Kier alpha value is -2.80. The molecule has 1 saturated heterocycles. The number of anilines is 1. The average Bonchev–Trinajstić information content (AvgIpc) is 3.17. The number of aromatic amines is 1. The molecule has 5 nitrogen and oxygen atoms in total. The fourth-order valence-electron chi connectivity index (χ4n) is 3.35. The number of hydrogen-bond acceptors (Lipinski definition) is 3. The van der Waals surface area contributed by atoms with Gasteiger partial charge < -0.3 is 4.98 Å². The number of Topliss-reactive ketones (excluding diaryl/α,β-unsaturated/α-hetero) is 1. The number of halogens is 3. The number of amides is 1. The molecular weight excluding hydrogens is 364 g/mol. The van der Waals surface area contributed by atoms with Gasteiger partial charge in [-0.05, 0) is 30.3 Å². The van der Waals surface area contributed by atoms with Gasteiger partial charge in [0, 0.05) is 17.2 Å². The molecule has 1 aliphatic heterocycles. The zero-order chi connectivity index (χ0) is 18.6. The first-order valence-corrected chi connectivity index (χ1v) is 8.22. The van der Waals surface area contributed by atoms with E-state index in [0.29, 0.717) is 16.7 Å². The molecule has 0 bridgehead atoms. The normalized spacial score (nSPS) is 20.4. The summed E-state index contributed by atoms with van der Waals surface area (Å²) < 4.78 is 28.4. The molecule has 2 unspecified atom stereocenters. The maximum atomic E-state index is 14.5. The van der Waals surface area contributed by atoms with Crippen LogP contribution in [0.5, 0.6) is 0 Å². The lowest BCUT2D eigenvalue weighted by molar-refractivity contribution is -0.135. The molecule has 0 radical (unpaired) electrons. The van der Waals surface area contributed by atoms with Gasteiger partial charge in [0.25, 0.3) is 5.91 Å². The first-order chi connectivity index (χ1) is 12.4. The molecule has 0 saturated carbocycles. The van der Waals surface area contributed by atoms with E-state index in [1.807, 2.05) is 0 Å². The van der Waals surface area contributed by atoms with Crippen molar-refractivity contribution >= 4 is 40.0 Å². The summed E-state index contributed by atoms with van der Waals surface area (Å²) in [6, 6.07) is 5.70. The number of aromatic nitrogens is 2. The highest BCUT2D eigenvalue weighted by Gasteiger charge is 2.48. The minimum absolute atomic E-state index is 0.205. The van der Waals surface area contributed by atoms with Crippen molar-refractivity contribution in [2.75, 3.05) is 4.90 Å². The van der Waals surface area contributed by atoms with Crippen molar-refractivity contribution < 1.29 is 18.4 Å². The van der Waals surface area contributed by atoms with Crippen LogP contribution < -0.4 is 4.90 Å². The summed E-state index contributed by atoms with van der Waals surface area (Å²) in [5.41, 5.74) is 1.48. The zero-order valence-electron chi connectivity index (χ0n) is 13.5. The molecule has 8 heteroatoms. The maximum absolute atomic E-state index is 14.5. The monoisotopic (exact) mass is 375 g/mol. The molecule has 1 amide bonds. The Balaban J connectivity index is 1.92. The highest BCUT2D eigenvalue weighted by atomic mass is 35.5. The van der Waals surface area contributed by atoms with Gasteiger partial charge in [-0.3, -0.25) is 14.5 Å². The van der Waals surface area contributed by atoms with E-state index in [1.54, 1.807) is 18.2 Å². The predicted octanol–water partition coefficient (Wildman–Crippen LogP) is 3.79. The Bertz CT molecular complexity index is 1070. The van der Waals surface area contributed by atoms with Crippen molar-refractivity contribution in [2.24, 2.45) is 5.92 Å². The number of fused-ring (bicyclic) bond motifs is 1. The van der Waals surface area contributed by atoms with Crippen LogP contribution in [0.4, 0.5) is 14.5 Å². The van der Waals surface area contributed by atoms with Crippen LogP contribution in [0.1, 0.15) is 18.5 Å². The minimum atomic E-state index is -1.04. The Labute approximate surface area is 151 Å². The fraction of sp³-hybridized carbons (Fsp3) is 0.167. The van der Waals surface area contributed by atoms with Gasteiger partial charge in [-0.25, -0.2) is 13.8 Å². The summed E-state index contributed by atoms with van der Waals surface area (Å²) in [5.74, 6) is -3.94. The first-order valence-electron chi connectivity index (χ1n) is 7.84. The summed E-state index contributed by atoms with van der Waals surface area (Å²) >= 11 is 5.99. The number of carbonyl (C=O) groups excluding carboxylic acids is 2. The Kier molecular flexibility index (Phi) is 3.77. The van der Waals surface area contributed by atoms with E-state index < -0.39 is 40.3 Å². The smallest absolute Gasteiger partial charge is 0.295 e. The lowest BCUT2D eigenvalue weighted by Crippen LogP contribution is -2.30. The van der Waals surface area contributed by atoms with E-state index in [2.05, 4.69) is 9.97 Å². The van der Waals surface area contributed by atoms with E-state index >= 15 is 0 Å². The summed E-state index contributed by atoms with van der Waals surface area (Å²) in [5, 5.41) is -0.433. The van der Waals surface area contributed by atoms with Crippen molar-refractivity contribution in [2.45, 2.75) is 13.0 Å². The summed E-state index contributed by atoms with van der Waals surface area (Å²) in [7, 11) is 0. The van der Waals surface area contributed by atoms with E-state index in [-0.39, 0.29) is 5.56 Å². The van der Waals surface area contributed by atoms with Crippen LogP contribution in [-0.4, -0.2) is 21.7 Å². The van der Waals surface area contributed by atoms with Crippen molar-refractivity contribution in [3.63, 3.8) is 0 Å². The second-order valence-corrected chi connectivity index (χ2v) is 6.51. The molecule has 3 aromatic rings. The predicted molar refractivity (Wildman–Crippen MR) is 91.9 cm³/mol. The third kappa shape index (κ3) is 2.31. The van der Waals surface area contributed by atoms with Crippen molar-refractivity contribution in [1.82, 2.24) is 9.97 Å². The SMILES string of the molecule is CC1C(=O)C(=O)N(c2ccc3nc[nH]c3c2)C1c1c(F)ccc(F)c1Cl. The number of H-pyrrole nitrogens is 1. The molecular formula is C18H12ClF2N3O2. The van der Waals surface area contributed by atoms with Gasteiger partial charge in [0.1, 0.15) is 11.6 Å². The van der Waals surface area contributed by atoms with Crippen molar-refractivity contribution in [3.05, 3.63) is 58.9 Å².